The van der Waals surface area contributed by atoms with Crippen LogP contribution in [0.1, 0.15) is 5.56 Å². The van der Waals surface area contributed by atoms with E-state index in [-0.39, 0.29) is 4.90 Å². The lowest BCUT2D eigenvalue weighted by molar-refractivity contribution is 0.153. The van der Waals surface area contributed by atoms with Crippen LogP contribution >= 0.6 is 0 Å². The molecule has 84 valence electrons. The summed E-state index contributed by atoms with van der Waals surface area (Å²) in [5, 5.41) is 0. The van der Waals surface area contributed by atoms with Crippen LogP contribution in [0.4, 0.5) is 8.78 Å². The van der Waals surface area contributed by atoms with Crippen molar-refractivity contribution in [3.8, 4) is 0 Å². The number of nitrogens with one attached hydrogen (secondary N) is 1. The molecule has 6 heteroatoms. The molecule has 0 unspecified atom stereocenters. The molecule has 0 aliphatic rings. The summed E-state index contributed by atoms with van der Waals surface area (Å²) in [6, 6.07) is 5.97. The van der Waals surface area contributed by atoms with Crippen LogP contribution in [0.25, 0.3) is 0 Å². The highest BCUT2D eigenvalue weighted by molar-refractivity contribution is 7.89. The smallest absolute Gasteiger partial charge is 0.209 e. The van der Waals surface area contributed by atoms with Crippen LogP contribution in [0.5, 0.6) is 0 Å². The van der Waals surface area contributed by atoms with Gasteiger partial charge < -0.3 is 0 Å². The largest absolute Gasteiger partial charge is 0.251 e. The molecule has 0 heterocycles. The van der Waals surface area contributed by atoms with E-state index in [0.717, 1.165) is 5.56 Å². The Hall–Kier alpha value is -1.01. The number of aryl methyl sites for hydroxylation is 1. The van der Waals surface area contributed by atoms with E-state index in [0.29, 0.717) is 0 Å². The van der Waals surface area contributed by atoms with Crippen molar-refractivity contribution in [1.82, 2.24) is 4.72 Å². The zero-order valence-corrected chi connectivity index (χ0v) is 8.89. The topological polar surface area (TPSA) is 46.2 Å². The predicted molar refractivity (Wildman–Crippen MR) is 52.4 cm³/mol. The van der Waals surface area contributed by atoms with Gasteiger partial charge in [0, 0.05) is 0 Å². The molecule has 1 rings (SSSR count). The third-order valence-electron chi connectivity index (χ3n) is 1.76. The average Bonchev–Trinajstić information content (AvgIpc) is 2.16. The molecular weight excluding hydrogens is 224 g/mol. The Kier molecular flexibility index (Phi) is 3.76. The Bertz CT molecular complexity index is 414. The van der Waals surface area contributed by atoms with E-state index >= 15 is 0 Å². The summed E-state index contributed by atoms with van der Waals surface area (Å²) in [4.78, 5) is -0.00579. The maximum absolute atomic E-state index is 11.8. The normalized spacial score (nSPS) is 12.0. The van der Waals surface area contributed by atoms with Gasteiger partial charge in [0.25, 0.3) is 6.43 Å². The third kappa shape index (κ3) is 3.56. The van der Waals surface area contributed by atoms with Crippen LogP contribution in [0.3, 0.4) is 0 Å². The van der Waals surface area contributed by atoms with Crippen LogP contribution in [-0.2, 0) is 10.0 Å². The summed E-state index contributed by atoms with van der Waals surface area (Å²) in [6.07, 6.45) is -2.69. The van der Waals surface area contributed by atoms with E-state index in [4.69, 9.17) is 0 Å². The van der Waals surface area contributed by atoms with Gasteiger partial charge in [0.05, 0.1) is 11.4 Å². The standard InChI is InChI=1S/C9H11F2NO2S/c1-7-2-4-8(5-3-7)15(13,14)12-6-9(10)11/h2-5,9,12H,6H2,1H3. The van der Waals surface area contributed by atoms with Crippen molar-refractivity contribution in [2.45, 2.75) is 18.2 Å². The van der Waals surface area contributed by atoms with Crippen molar-refractivity contribution in [2.24, 2.45) is 0 Å². The molecule has 0 saturated carbocycles. The second-order valence-corrected chi connectivity index (χ2v) is 4.82. The highest BCUT2D eigenvalue weighted by Gasteiger charge is 2.15. The Morgan fingerprint density at radius 3 is 2.27 bits per heavy atom. The molecule has 0 aliphatic carbocycles. The fraction of sp³-hybridized carbons (Fsp3) is 0.333. The summed E-state index contributed by atoms with van der Waals surface area (Å²) in [5.41, 5.74) is 0.905. The lowest BCUT2D eigenvalue weighted by atomic mass is 10.2. The van der Waals surface area contributed by atoms with Crippen molar-refractivity contribution in [2.75, 3.05) is 6.54 Å². The van der Waals surface area contributed by atoms with Crippen molar-refractivity contribution in [1.29, 1.82) is 0 Å². The van der Waals surface area contributed by atoms with Gasteiger partial charge in [-0.15, -0.1) is 0 Å². The number of benzene rings is 1. The molecule has 0 aliphatic heterocycles. The second-order valence-electron chi connectivity index (χ2n) is 3.06. The van der Waals surface area contributed by atoms with E-state index in [1.54, 1.807) is 12.1 Å². The summed E-state index contributed by atoms with van der Waals surface area (Å²) >= 11 is 0. The Balaban J connectivity index is 2.82. The van der Waals surface area contributed by atoms with Crippen LogP contribution in [0.2, 0.25) is 0 Å². The zero-order chi connectivity index (χ0) is 11.5. The van der Waals surface area contributed by atoms with Gasteiger partial charge >= 0.3 is 0 Å². The number of alkyl halides is 2. The van der Waals surface area contributed by atoms with Gasteiger partial charge in [-0.3, -0.25) is 0 Å². The molecule has 3 nitrogen and oxygen atoms in total. The van der Waals surface area contributed by atoms with Crippen molar-refractivity contribution in [3.05, 3.63) is 29.8 Å². The van der Waals surface area contributed by atoms with Crippen LogP contribution < -0.4 is 4.72 Å². The van der Waals surface area contributed by atoms with Gasteiger partial charge in [0.1, 0.15) is 0 Å². The number of halogens is 2. The minimum absolute atomic E-state index is 0.00579. The SMILES string of the molecule is Cc1ccc(S(=O)(=O)NCC(F)F)cc1. The quantitative estimate of drug-likeness (QED) is 0.860. The van der Waals surface area contributed by atoms with Crippen molar-refractivity contribution >= 4 is 10.0 Å². The molecule has 1 aromatic carbocycles. The van der Waals surface area contributed by atoms with Gasteiger partial charge in [-0.25, -0.2) is 21.9 Å². The molecule has 0 aromatic heterocycles. The first-order chi connectivity index (χ1) is 6.92. The van der Waals surface area contributed by atoms with Crippen LogP contribution in [0, 0.1) is 6.92 Å². The van der Waals surface area contributed by atoms with Crippen molar-refractivity contribution in [3.63, 3.8) is 0 Å². The second kappa shape index (κ2) is 4.67. The van der Waals surface area contributed by atoms with Crippen LogP contribution in [-0.4, -0.2) is 21.4 Å². The molecule has 0 saturated heterocycles. The highest BCUT2D eigenvalue weighted by atomic mass is 32.2. The molecule has 1 N–H and O–H groups in total. The fourth-order valence-electron chi connectivity index (χ4n) is 0.973. The minimum Gasteiger partial charge on any atom is -0.209 e. The van der Waals surface area contributed by atoms with E-state index in [1.165, 1.54) is 12.1 Å². The lowest BCUT2D eigenvalue weighted by Gasteiger charge is -2.05. The van der Waals surface area contributed by atoms with Gasteiger partial charge in [-0.2, -0.15) is 0 Å². The Labute approximate surface area is 87.2 Å². The van der Waals surface area contributed by atoms with Gasteiger partial charge in [0.15, 0.2) is 0 Å². The van der Waals surface area contributed by atoms with Gasteiger partial charge in [-0.1, -0.05) is 17.7 Å². The highest BCUT2D eigenvalue weighted by Crippen LogP contribution is 2.09. The number of hydrogen-bond acceptors (Lipinski definition) is 2. The number of sulfonamides is 1. The summed E-state index contributed by atoms with van der Waals surface area (Å²) < 4.78 is 48.3. The first-order valence-electron chi connectivity index (χ1n) is 4.26. The van der Waals surface area contributed by atoms with Crippen molar-refractivity contribution < 1.29 is 17.2 Å². The lowest BCUT2D eigenvalue weighted by Crippen LogP contribution is -2.28. The Morgan fingerprint density at radius 1 is 1.27 bits per heavy atom. The summed E-state index contributed by atoms with van der Waals surface area (Å²) in [6.45, 7) is 0.944. The van der Waals surface area contributed by atoms with E-state index in [2.05, 4.69) is 0 Å². The van der Waals surface area contributed by atoms with Gasteiger partial charge in [0.2, 0.25) is 10.0 Å². The number of hydrogen-bond donors (Lipinski definition) is 1. The molecule has 0 radical (unpaired) electrons. The maximum atomic E-state index is 11.8. The summed E-state index contributed by atoms with van der Waals surface area (Å²) in [7, 11) is -3.80. The molecule has 0 fully saturated rings. The van der Waals surface area contributed by atoms with Crippen LogP contribution in [0.15, 0.2) is 29.2 Å². The average molecular weight is 235 g/mol. The maximum Gasteiger partial charge on any atom is 0.251 e. The third-order valence-corrected chi connectivity index (χ3v) is 3.20. The molecule has 0 atom stereocenters. The minimum atomic E-state index is -3.80. The van der Waals surface area contributed by atoms with E-state index in [1.807, 2.05) is 11.6 Å². The molecule has 0 bridgehead atoms. The van der Waals surface area contributed by atoms with Gasteiger partial charge in [-0.05, 0) is 19.1 Å². The predicted octanol–water partition coefficient (Wildman–Crippen LogP) is 1.54. The molecule has 15 heavy (non-hydrogen) atoms. The summed E-state index contributed by atoms with van der Waals surface area (Å²) in [5.74, 6) is 0. The molecular formula is C9H11F2NO2S. The van der Waals surface area contributed by atoms with E-state index < -0.39 is 23.0 Å². The first kappa shape index (κ1) is 12.1. The molecule has 0 spiro atoms. The Morgan fingerprint density at radius 2 is 1.80 bits per heavy atom. The fourth-order valence-corrected chi connectivity index (χ4v) is 1.98. The zero-order valence-electron chi connectivity index (χ0n) is 8.07. The monoisotopic (exact) mass is 235 g/mol. The first-order valence-corrected chi connectivity index (χ1v) is 5.74. The molecule has 0 amide bonds. The molecule has 1 aromatic rings. The number of rotatable bonds is 4. The van der Waals surface area contributed by atoms with E-state index in [9.17, 15) is 17.2 Å².